The maximum absolute atomic E-state index is 12.0. The van der Waals surface area contributed by atoms with Gasteiger partial charge in [-0.3, -0.25) is 4.79 Å². The summed E-state index contributed by atoms with van der Waals surface area (Å²) < 4.78 is 10.3. The number of carbonyl (C=O) groups is 1. The van der Waals surface area contributed by atoms with Gasteiger partial charge in [0.2, 0.25) is 0 Å². The second-order valence-electron chi connectivity index (χ2n) is 3.47. The van der Waals surface area contributed by atoms with E-state index in [-0.39, 0.29) is 5.91 Å². The van der Waals surface area contributed by atoms with Gasteiger partial charge >= 0.3 is 0 Å². The molecule has 0 aliphatic carbocycles. The fraction of sp³-hybridized carbons (Fsp3) is 0.357. The molecule has 4 heteroatoms. The zero-order chi connectivity index (χ0) is 13.4. The Morgan fingerprint density at radius 2 is 2.11 bits per heavy atom. The van der Waals surface area contributed by atoms with Gasteiger partial charge in [-0.15, -0.1) is 11.8 Å². The molecule has 4 nitrogen and oxygen atoms in total. The van der Waals surface area contributed by atoms with E-state index in [1.54, 1.807) is 25.1 Å². The Morgan fingerprint density at radius 3 is 2.72 bits per heavy atom. The van der Waals surface area contributed by atoms with Gasteiger partial charge in [-0.2, -0.15) is 0 Å². The van der Waals surface area contributed by atoms with Crippen LogP contribution in [0.15, 0.2) is 18.2 Å². The highest BCUT2D eigenvalue weighted by atomic mass is 16.5. The summed E-state index contributed by atoms with van der Waals surface area (Å²) in [6.45, 7) is 2.28. The molecule has 0 unspecified atom stereocenters. The molecule has 0 bridgehead atoms. The number of hydrogen-bond acceptors (Lipinski definition) is 3. The molecule has 0 aliphatic rings. The van der Waals surface area contributed by atoms with Crippen LogP contribution in [0.2, 0.25) is 0 Å². The number of benzene rings is 1. The van der Waals surface area contributed by atoms with Gasteiger partial charge in [-0.1, -0.05) is 6.07 Å². The molecule has 0 spiro atoms. The predicted octanol–water partition coefficient (Wildman–Crippen LogP) is 1.85. The second-order valence-corrected chi connectivity index (χ2v) is 3.47. The third-order valence-electron chi connectivity index (χ3n) is 2.36. The normalized spacial score (nSPS) is 9.06. The van der Waals surface area contributed by atoms with Crippen molar-refractivity contribution in [3.05, 3.63) is 23.8 Å². The second kappa shape index (κ2) is 7.23. The van der Waals surface area contributed by atoms with Crippen LogP contribution in [-0.4, -0.2) is 26.7 Å². The highest BCUT2D eigenvalue weighted by molar-refractivity contribution is 5.97. The number of ether oxygens (including phenoxy) is 2. The summed E-state index contributed by atoms with van der Waals surface area (Å²) in [6, 6.07) is 5.20. The van der Waals surface area contributed by atoms with E-state index in [1.807, 2.05) is 0 Å². The summed E-state index contributed by atoms with van der Waals surface area (Å²) in [5.74, 6) is 6.45. The molecular formula is C14H17NO3. The van der Waals surface area contributed by atoms with Gasteiger partial charge in [0, 0.05) is 13.0 Å². The first-order valence-electron chi connectivity index (χ1n) is 5.63. The van der Waals surface area contributed by atoms with E-state index in [0.717, 1.165) is 0 Å². The van der Waals surface area contributed by atoms with Crippen molar-refractivity contribution >= 4 is 5.91 Å². The maximum atomic E-state index is 12.0. The molecule has 0 radical (unpaired) electrons. The first-order valence-corrected chi connectivity index (χ1v) is 5.63. The van der Waals surface area contributed by atoms with Crippen molar-refractivity contribution in [2.75, 3.05) is 20.8 Å². The smallest absolute Gasteiger partial charge is 0.255 e. The first-order chi connectivity index (χ1) is 8.74. The molecule has 0 fully saturated rings. The number of para-hydroxylation sites is 1. The fourth-order valence-electron chi connectivity index (χ4n) is 1.52. The quantitative estimate of drug-likeness (QED) is 0.638. The van der Waals surface area contributed by atoms with E-state index in [2.05, 4.69) is 17.2 Å². The zero-order valence-corrected chi connectivity index (χ0v) is 10.9. The molecule has 0 saturated carbocycles. The lowest BCUT2D eigenvalue weighted by Crippen LogP contribution is -2.24. The summed E-state index contributed by atoms with van der Waals surface area (Å²) in [4.78, 5) is 12.0. The van der Waals surface area contributed by atoms with Crippen molar-refractivity contribution in [1.82, 2.24) is 5.32 Å². The number of methoxy groups -OCH3 is 2. The Hall–Kier alpha value is -2.15. The zero-order valence-electron chi connectivity index (χ0n) is 10.9. The summed E-state index contributed by atoms with van der Waals surface area (Å²) in [7, 11) is 3.05. The Labute approximate surface area is 107 Å². The van der Waals surface area contributed by atoms with Crippen molar-refractivity contribution in [2.24, 2.45) is 0 Å². The molecule has 18 heavy (non-hydrogen) atoms. The van der Waals surface area contributed by atoms with Gasteiger partial charge in [0.05, 0.1) is 19.8 Å². The van der Waals surface area contributed by atoms with Crippen LogP contribution in [-0.2, 0) is 0 Å². The lowest BCUT2D eigenvalue weighted by molar-refractivity contribution is 0.0951. The molecule has 0 aromatic heterocycles. The van der Waals surface area contributed by atoms with Crippen LogP contribution < -0.4 is 14.8 Å². The molecule has 0 aliphatic heterocycles. The highest BCUT2D eigenvalue weighted by Gasteiger charge is 2.15. The van der Waals surface area contributed by atoms with Crippen molar-refractivity contribution in [1.29, 1.82) is 0 Å². The fourth-order valence-corrected chi connectivity index (χ4v) is 1.52. The standard InChI is InChI=1S/C14H17NO3/c1-4-5-6-10-15-14(16)11-8-7-9-12(17-2)13(11)18-3/h7-9H,6,10H2,1-3H3,(H,15,16). The Bertz CT molecular complexity index is 472. The molecule has 96 valence electrons. The molecule has 1 amide bonds. The Balaban J connectivity index is 2.80. The average Bonchev–Trinajstić information content (AvgIpc) is 2.42. The van der Waals surface area contributed by atoms with Crippen LogP contribution in [0.1, 0.15) is 23.7 Å². The molecule has 0 heterocycles. The summed E-state index contributed by atoms with van der Waals surface area (Å²) in [5.41, 5.74) is 0.460. The van der Waals surface area contributed by atoms with Crippen LogP contribution in [0, 0.1) is 11.8 Å². The molecule has 1 rings (SSSR count). The van der Waals surface area contributed by atoms with E-state index >= 15 is 0 Å². The number of carbonyl (C=O) groups excluding carboxylic acids is 1. The molecule has 0 atom stereocenters. The van der Waals surface area contributed by atoms with Gasteiger partial charge in [0.1, 0.15) is 0 Å². The van der Waals surface area contributed by atoms with E-state index < -0.39 is 0 Å². The van der Waals surface area contributed by atoms with E-state index in [9.17, 15) is 4.79 Å². The minimum atomic E-state index is -0.191. The summed E-state index contributed by atoms with van der Waals surface area (Å²) in [5, 5.41) is 2.78. The third kappa shape index (κ3) is 3.42. The SMILES string of the molecule is CC#CCCNC(=O)c1cccc(OC)c1OC. The van der Waals surface area contributed by atoms with Gasteiger partial charge in [-0.05, 0) is 19.1 Å². The van der Waals surface area contributed by atoms with Crippen LogP contribution in [0.3, 0.4) is 0 Å². The number of hydrogen-bond donors (Lipinski definition) is 1. The largest absolute Gasteiger partial charge is 0.493 e. The van der Waals surface area contributed by atoms with Gasteiger partial charge < -0.3 is 14.8 Å². The molecule has 1 aromatic carbocycles. The van der Waals surface area contributed by atoms with Crippen molar-refractivity contribution in [3.63, 3.8) is 0 Å². The topological polar surface area (TPSA) is 47.6 Å². The predicted molar refractivity (Wildman–Crippen MR) is 69.9 cm³/mol. The average molecular weight is 247 g/mol. The lowest BCUT2D eigenvalue weighted by atomic mass is 10.1. The molecule has 1 aromatic rings. The monoisotopic (exact) mass is 247 g/mol. The Morgan fingerprint density at radius 1 is 1.33 bits per heavy atom. The van der Waals surface area contributed by atoms with Crippen molar-refractivity contribution in [2.45, 2.75) is 13.3 Å². The minimum absolute atomic E-state index is 0.191. The Kier molecular flexibility index (Phi) is 5.59. The van der Waals surface area contributed by atoms with Gasteiger partial charge in [0.15, 0.2) is 11.5 Å². The highest BCUT2D eigenvalue weighted by Crippen LogP contribution is 2.30. The maximum Gasteiger partial charge on any atom is 0.255 e. The van der Waals surface area contributed by atoms with Crippen molar-refractivity contribution < 1.29 is 14.3 Å². The minimum Gasteiger partial charge on any atom is -0.493 e. The van der Waals surface area contributed by atoms with Crippen LogP contribution in [0.5, 0.6) is 11.5 Å². The van der Waals surface area contributed by atoms with Crippen molar-refractivity contribution in [3.8, 4) is 23.3 Å². The van der Waals surface area contributed by atoms with Crippen LogP contribution >= 0.6 is 0 Å². The lowest BCUT2D eigenvalue weighted by Gasteiger charge is -2.12. The summed E-state index contributed by atoms with van der Waals surface area (Å²) >= 11 is 0. The van der Waals surface area contributed by atoms with Crippen LogP contribution in [0.25, 0.3) is 0 Å². The van der Waals surface area contributed by atoms with E-state index in [1.165, 1.54) is 14.2 Å². The van der Waals surface area contributed by atoms with Crippen LogP contribution in [0.4, 0.5) is 0 Å². The number of rotatable bonds is 5. The third-order valence-corrected chi connectivity index (χ3v) is 2.36. The number of amides is 1. The van der Waals surface area contributed by atoms with Gasteiger partial charge in [-0.25, -0.2) is 0 Å². The summed E-state index contributed by atoms with van der Waals surface area (Å²) in [6.07, 6.45) is 0.633. The van der Waals surface area contributed by atoms with E-state index in [0.29, 0.717) is 30.0 Å². The van der Waals surface area contributed by atoms with E-state index in [4.69, 9.17) is 9.47 Å². The number of nitrogens with one attached hydrogen (secondary N) is 1. The first kappa shape index (κ1) is 13.9. The molecular weight excluding hydrogens is 230 g/mol. The molecule has 0 saturated heterocycles. The van der Waals surface area contributed by atoms with Gasteiger partial charge in [0.25, 0.3) is 5.91 Å². The molecule has 1 N–H and O–H groups in total.